The minimum Gasteiger partial charge on any atom is -0.493 e. The number of fused-ring (bicyclic) bond motifs is 1. The second-order valence-corrected chi connectivity index (χ2v) is 8.34. The Morgan fingerprint density at radius 3 is 2.08 bits per heavy atom. The van der Waals surface area contributed by atoms with Crippen molar-refractivity contribution in [1.82, 2.24) is 15.0 Å². The summed E-state index contributed by atoms with van der Waals surface area (Å²) in [5.74, 6) is 3.03. The van der Waals surface area contributed by atoms with Crippen LogP contribution in [0.15, 0.2) is 60.8 Å². The van der Waals surface area contributed by atoms with Gasteiger partial charge < -0.3 is 19.3 Å². The molecule has 1 saturated heterocycles. The van der Waals surface area contributed by atoms with Crippen LogP contribution in [-0.4, -0.2) is 55.4 Å². The SMILES string of the molecule is COc1cc2nc(-c3ccccc3)nc(N3CCN(c4ccc(C(F)(F)F)cn4)CC3)c2cc1OC. The zero-order valence-corrected chi connectivity index (χ0v) is 19.8. The first-order valence-electron chi connectivity index (χ1n) is 11.4. The molecule has 3 heterocycles. The van der Waals surface area contributed by atoms with E-state index in [0.717, 1.165) is 34.5 Å². The molecule has 10 heteroatoms. The Morgan fingerprint density at radius 1 is 0.806 bits per heavy atom. The number of aromatic nitrogens is 3. The highest BCUT2D eigenvalue weighted by molar-refractivity contribution is 5.93. The van der Waals surface area contributed by atoms with E-state index in [9.17, 15) is 13.2 Å². The molecule has 2 aromatic carbocycles. The standard InChI is InChI=1S/C26H24F3N5O2/c1-35-21-14-19-20(15-22(21)36-2)31-24(17-6-4-3-5-7-17)32-25(19)34-12-10-33(11-13-34)23-9-8-18(16-30-23)26(27,28)29/h3-9,14-16H,10-13H2,1-2H3. The van der Waals surface area contributed by atoms with Crippen molar-refractivity contribution in [1.29, 1.82) is 0 Å². The third-order valence-corrected chi connectivity index (χ3v) is 6.19. The minimum atomic E-state index is -4.40. The van der Waals surface area contributed by atoms with Crippen molar-refractivity contribution in [2.75, 3.05) is 50.2 Å². The Hall–Kier alpha value is -4.08. The second-order valence-electron chi connectivity index (χ2n) is 8.34. The van der Waals surface area contributed by atoms with Crippen molar-refractivity contribution in [3.63, 3.8) is 0 Å². The summed E-state index contributed by atoms with van der Waals surface area (Å²) in [6.07, 6.45) is -3.52. The summed E-state index contributed by atoms with van der Waals surface area (Å²) in [7, 11) is 3.16. The zero-order chi connectivity index (χ0) is 25.3. The van der Waals surface area contributed by atoms with Crippen LogP contribution in [0.4, 0.5) is 24.8 Å². The fourth-order valence-corrected chi connectivity index (χ4v) is 4.29. The van der Waals surface area contributed by atoms with Crippen LogP contribution in [0.5, 0.6) is 11.5 Å². The molecule has 0 aliphatic carbocycles. The van der Waals surface area contributed by atoms with Crippen LogP contribution in [0.25, 0.3) is 22.3 Å². The van der Waals surface area contributed by atoms with E-state index >= 15 is 0 Å². The summed E-state index contributed by atoms with van der Waals surface area (Å²) in [6.45, 7) is 2.38. The fraction of sp³-hybridized carbons (Fsp3) is 0.269. The maximum atomic E-state index is 12.9. The zero-order valence-electron chi connectivity index (χ0n) is 19.8. The first-order chi connectivity index (χ1) is 17.4. The average molecular weight is 496 g/mol. The number of methoxy groups -OCH3 is 2. The van der Waals surface area contributed by atoms with Gasteiger partial charge in [0.15, 0.2) is 17.3 Å². The number of pyridine rings is 1. The van der Waals surface area contributed by atoms with E-state index in [1.807, 2.05) is 47.4 Å². The molecule has 186 valence electrons. The molecule has 36 heavy (non-hydrogen) atoms. The quantitative estimate of drug-likeness (QED) is 0.384. The van der Waals surface area contributed by atoms with Crippen molar-refractivity contribution in [3.8, 4) is 22.9 Å². The lowest BCUT2D eigenvalue weighted by atomic mass is 10.1. The van der Waals surface area contributed by atoms with E-state index in [2.05, 4.69) is 9.88 Å². The van der Waals surface area contributed by atoms with Crippen molar-refractivity contribution in [3.05, 3.63) is 66.4 Å². The highest BCUT2D eigenvalue weighted by Crippen LogP contribution is 2.37. The summed E-state index contributed by atoms with van der Waals surface area (Å²) in [6, 6.07) is 15.9. The average Bonchev–Trinajstić information content (AvgIpc) is 2.91. The lowest BCUT2D eigenvalue weighted by Gasteiger charge is -2.36. The maximum Gasteiger partial charge on any atom is 0.417 e. The second kappa shape index (κ2) is 9.52. The molecule has 4 aromatic rings. The maximum absolute atomic E-state index is 12.9. The van der Waals surface area contributed by atoms with Crippen LogP contribution >= 0.6 is 0 Å². The number of rotatable bonds is 5. The third kappa shape index (κ3) is 4.58. The van der Waals surface area contributed by atoms with Gasteiger partial charge in [0.25, 0.3) is 0 Å². The van der Waals surface area contributed by atoms with E-state index in [-0.39, 0.29) is 0 Å². The summed E-state index contributed by atoms with van der Waals surface area (Å²) < 4.78 is 49.7. The van der Waals surface area contributed by atoms with Crippen LogP contribution < -0.4 is 19.3 Å². The topological polar surface area (TPSA) is 63.6 Å². The van der Waals surface area contributed by atoms with Gasteiger partial charge in [-0.15, -0.1) is 0 Å². The van der Waals surface area contributed by atoms with Crippen LogP contribution in [-0.2, 0) is 6.18 Å². The largest absolute Gasteiger partial charge is 0.493 e. The van der Waals surface area contributed by atoms with Crippen molar-refractivity contribution in [2.24, 2.45) is 0 Å². The molecule has 1 fully saturated rings. The summed E-state index contributed by atoms with van der Waals surface area (Å²) in [4.78, 5) is 17.9. The van der Waals surface area contributed by atoms with E-state index in [1.165, 1.54) is 6.07 Å². The number of hydrogen-bond donors (Lipinski definition) is 0. The molecule has 0 spiro atoms. The highest BCUT2D eigenvalue weighted by atomic mass is 19.4. The first-order valence-corrected chi connectivity index (χ1v) is 11.4. The Kier molecular flexibility index (Phi) is 6.26. The Morgan fingerprint density at radius 2 is 1.47 bits per heavy atom. The van der Waals surface area contributed by atoms with Gasteiger partial charge in [0.05, 0.1) is 25.3 Å². The highest BCUT2D eigenvalue weighted by Gasteiger charge is 2.31. The number of alkyl halides is 3. The Bertz CT molecular complexity index is 1360. The third-order valence-electron chi connectivity index (χ3n) is 6.19. The summed E-state index contributed by atoms with van der Waals surface area (Å²) in [5, 5.41) is 0.827. The molecule has 0 atom stereocenters. The number of benzene rings is 2. The molecule has 0 saturated carbocycles. The van der Waals surface area contributed by atoms with Gasteiger partial charge in [0.2, 0.25) is 0 Å². The van der Waals surface area contributed by atoms with Gasteiger partial charge in [0, 0.05) is 49.4 Å². The van der Waals surface area contributed by atoms with Gasteiger partial charge >= 0.3 is 6.18 Å². The van der Waals surface area contributed by atoms with Crippen LogP contribution in [0, 0.1) is 0 Å². The molecule has 5 rings (SSSR count). The van der Waals surface area contributed by atoms with Gasteiger partial charge in [-0.25, -0.2) is 15.0 Å². The summed E-state index contributed by atoms with van der Waals surface area (Å²) >= 11 is 0. The van der Waals surface area contributed by atoms with Crippen molar-refractivity contribution in [2.45, 2.75) is 6.18 Å². The molecular weight excluding hydrogens is 471 g/mol. The Balaban J connectivity index is 1.47. The van der Waals surface area contributed by atoms with Crippen LogP contribution in [0.1, 0.15) is 5.56 Å². The first kappa shape index (κ1) is 23.7. The minimum absolute atomic E-state index is 0.520. The normalized spacial score (nSPS) is 14.2. The predicted molar refractivity (Wildman–Crippen MR) is 132 cm³/mol. The monoisotopic (exact) mass is 495 g/mol. The molecule has 7 nitrogen and oxygen atoms in total. The van der Waals surface area contributed by atoms with Gasteiger partial charge in [-0.3, -0.25) is 0 Å². The molecule has 0 radical (unpaired) electrons. The number of halogens is 3. The van der Waals surface area contributed by atoms with E-state index < -0.39 is 11.7 Å². The Labute approximate surface area is 206 Å². The number of piperazine rings is 1. The molecule has 1 aliphatic heterocycles. The molecule has 0 unspecified atom stereocenters. The van der Waals surface area contributed by atoms with E-state index in [4.69, 9.17) is 19.4 Å². The van der Waals surface area contributed by atoms with E-state index in [0.29, 0.717) is 49.3 Å². The molecule has 0 bridgehead atoms. The summed E-state index contributed by atoms with van der Waals surface area (Å²) in [5.41, 5.74) is 0.863. The van der Waals surface area contributed by atoms with Gasteiger partial charge in [-0.05, 0) is 18.2 Å². The van der Waals surface area contributed by atoms with Gasteiger partial charge in [0.1, 0.15) is 11.6 Å². The number of nitrogens with zero attached hydrogens (tertiary/aromatic N) is 5. The van der Waals surface area contributed by atoms with Crippen LogP contribution in [0.3, 0.4) is 0 Å². The number of hydrogen-bond acceptors (Lipinski definition) is 7. The lowest BCUT2D eigenvalue weighted by molar-refractivity contribution is -0.137. The number of anilines is 2. The van der Waals surface area contributed by atoms with Crippen LogP contribution in [0.2, 0.25) is 0 Å². The fourth-order valence-electron chi connectivity index (χ4n) is 4.29. The molecule has 0 N–H and O–H groups in total. The smallest absolute Gasteiger partial charge is 0.417 e. The molecule has 0 amide bonds. The van der Waals surface area contributed by atoms with Crippen molar-refractivity contribution >= 4 is 22.5 Å². The van der Waals surface area contributed by atoms with Gasteiger partial charge in [-0.2, -0.15) is 13.2 Å². The molecular formula is C26H24F3N5O2. The number of ether oxygens (including phenoxy) is 2. The lowest BCUT2D eigenvalue weighted by Crippen LogP contribution is -2.47. The molecule has 2 aromatic heterocycles. The van der Waals surface area contributed by atoms with Gasteiger partial charge in [-0.1, -0.05) is 30.3 Å². The molecule has 1 aliphatic rings. The van der Waals surface area contributed by atoms with E-state index in [1.54, 1.807) is 14.2 Å². The van der Waals surface area contributed by atoms with Crippen molar-refractivity contribution < 1.29 is 22.6 Å². The predicted octanol–water partition coefficient (Wildman–Crippen LogP) is 5.05.